The highest BCUT2D eigenvalue weighted by atomic mass is 16.4. The summed E-state index contributed by atoms with van der Waals surface area (Å²) in [6.45, 7) is 6.29. The standard InChI is InChI=1S/C14H22N2O2/c1-3-9-16(4-2)12-7-5-11(6-8-12)10-13(15)14(17)18/h5-8,13H,3-4,9-10,15H2,1-2H3,(H,17,18). The molecule has 1 rings (SSSR count). The van der Waals surface area contributed by atoms with Gasteiger partial charge in [0.2, 0.25) is 0 Å². The van der Waals surface area contributed by atoms with Crippen LogP contribution in [0.2, 0.25) is 0 Å². The molecule has 0 aliphatic carbocycles. The first-order valence-corrected chi connectivity index (χ1v) is 6.40. The second-order valence-electron chi connectivity index (χ2n) is 4.39. The molecule has 1 aromatic rings. The monoisotopic (exact) mass is 250 g/mol. The molecule has 0 aromatic heterocycles. The van der Waals surface area contributed by atoms with Crippen LogP contribution in [0.25, 0.3) is 0 Å². The molecule has 1 atom stereocenters. The van der Waals surface area contributed by atoms with Crippen molar-refractivity contribution < 1.29 is 9.90 Å². The molecule has 1 unspecified atom stereocenters. The Kier molecular flexibility index (Phi) is 5.65. The lowest BCUT2D eigenvalue weighted by Crippen LogP contribution is -2.32. The first-order chi connectivity index (χ1) is 8.58. The zero-order valence-electron chi connectivity index (χ0n) is 11.1. The number of nitrogens with two attached hydrogens (primary N) is 1. The Morgan fingerprint density at radius 3 is 2.39 bits per heavy atom. The van der Waals surface area contributed by atoms with E-state index in [1.807, 2.05) is 24.3 Å². The molecular weight excluding hydrogens is 228 g/mol. The summed E-state index contributed by atoms with van der Waals surface area (Å²) in [5.41, 5.74) is 7.64. The van der Waals surface area contributed by atoms with Gasteiger partial charge in [-0.3, -0.25) is 4.79 Å². The van der Waals surface area contributed by atoms with Crippen LogP contribution >= 0.6 is 0 Å². The maximum Gasteiger partial charge on any atom is 0.320 e. The second-order valence-corrected chi connectivity index (χ2v) is 4.39. The summed E-state index contributed by atoms with van der Waals surface area (Å²) in [5, 5.41) is 8.76. The Bertz CT molecular complexity index is 376. The van der Waals surface area contributed by atoms with Crippen LogP contribution in [0.3, 0.4) is 0 Å². The number of carbonyl (C=O) groups is 1. The highest BCUT2D eigenvalue weighted by molar-refractivity contribution is 5.73. The lowest BCUT2D eigenvalue weighted by Gasteiger charge is -2.22. The lowest BCUT2D eigenvalue weighted by atomic mass is 10.1. The molecule has 100 valence electrons. The van der Waals surface area contributed by atoms with E-state index in [4.69, 9.17) is 10.8 Å². The van der Waals surface area contributed by atoms with Gasteiger partial charge in [0.1, 0.15) is 6.04 Å². The first kappa shape index (κ1) is 14.5. The third kappa shape index (κ3) is 4.04. The number of hydrogen-bond donors (Lipinski definition) is 2. The number of anilines is 1. The Morgan fingerprint density at radius 2 is 1.94 bits per heavy atom. The number of carboxylic acids is 1. The van der Waals surface area contributed by atoms with Crippen molar-refractivity contribution in [3.63, 3.8) is 0 Å². The number of carboxylic acid groups (broad SMARTS) is 1. The van der Waals surface area contributed by atoms with E-state index in [1.165, 1.54) is 5.69 Å². The predicted molar refractivity (Wildman–Crippen MR) is 73.9 cm³/mol. The van der Waals surface area contributed by atoms with Crippen LogP contribution < -0.4 is 10.6 Å². The van der Waals surface area contributed by atoms with Gasteiger partial charge < -0.3 is 15.7 Å². The van der Waals surface area contributed by atoms with Crippen LogP contribution in [0.4, 0.5) is 5.69 Å². The average Bonchev–Trinajstić information content (AvgIpc) is 2.37. The van der Waals surface area contributed by atoms with Crippen molar-refractivity contribution >= 4 is 11.7 Å². The van der Waals surface area contributed by atoms with Crippen LogP contribution in [0.5, 0.6) is 0 Å². The molecule has 1 aromatic carbocycles. The first-order valence-electron chi connectivity index (χ1n) is 6.40. The van der Waals surface area contributed by atoms with Gasteiger partial charge in [-0.2, -0.15) is 0 Å². The normalized spacial score (nSPS) is 12.2. The van der Waals surface area contributed by atoms with Crippen molar-refractivity contribution in [3.05, 3.63) is 29.8 Å². The Morgan fingerprint density at radius 1 is 1.33 bits per heavy atom. The molecule has 0 heterocycles. The van der Waals surface area contributed by atoms with Crippen molar-refractivity contribution in [1.29, 1.82) is 0 Å². The molecule has 0 bridgehead atoms. The third-order valence-corrected chi connectivity index (χ3v) is 2.95. The summed E-state index contributed by atoms with van der Waals surface area (Å²) in [6, 6.07) is 7.15. The summed E-state index contributed by atoms with van der Waals surface area (Å²) in [6.07, 6.45) is 1.48. The van der Waals surface area contributed by atoms with Crippen molar-refractivity contribution in [2.75, 3.05) is 18.0 Å². The molecule has 4 heteroatoms. The molecule has 0 radical (unpaired) electrons. The number of rotatable bonds is 7. The summed E-state index contributed by atoms with van der Waals surface area (Å²) in [4.78, 5) is 13.0. The minimum atomic E-state index is -0.958. The van der Waals surface area contributed by atoms with E-state index in [1.54, 1.807) is 0 Å². The molecule has 0 saturated carbocycles. The molecule has 4 nitrogen and oxygen atoms in total. The molecular formula is C14H22N2O2. The molecule has 0 amide bonds. The zero-order valence-corrected chi connectivity index (χ0v) is 11.1. The van der Waals surface area contributed by atoms with Crippen LogP contribution in [0.15, 0.2) is 24.3 Å². The van der Waals surface area contributed by atoms with Gasteiger partial charge in [0.25, 0.3) is 0 Å². The number of hydrogen-bond acceptors (Lipinski definition) is 3. The number of aliphatic carboxylic acids is 1. The van der Waals surface area contributed by atoms with Gasteiger partial charge in [0, 0.05) is 18.8 Å². The molecule has 18 heavy (non-hydrogen) atoms. The van der Waals surface area contributed by atoms with E-state index in [0.29, 0.717) is 6.42 Å². The van der Waals surface area contributed by atoms with E-state index in [0.717, 1.165) is 25.1 Å². The van der Waals surface area contributed by atoms with E-state index in [-0.39, 0.29) is 0 Å². The fourth-order valence-corrected chi connectivity index (χ4v) is 1.92. The fraction of sp³-hybridized carbons (Fsp3) is 0.500. The van der Waals surface area contributed by atoms with E-state index < -0.39 is 12.0 Å². The number of nitrogens with zero attached hydrogens (tertiary/aromatic N) is 1. The quantitative estimate of drug-likeness (QED) is 0.775. The summed E-state index contributed by atoms with van der Waals surface area (Å²) in [7, 11) is 0. The molecule has 0 saturated heterocycles. The number of benzene rings is 1. The van der Waals surface area contributed by atoms with Crippen molar-refractivity contribution in [3.8, 4) is 0 Å². The molecule has 0 fully saturated rings. The topological polar surface area (TPSA) is 66.6 Å². The summed E-state index contributed by atoms with van der Waals surface area (Å²) < 4.78 is 0. The highest BCUT2D eigenvalue weighted by Gasteiger charge is 2.12. The summed E-state index contributed by atoms with van der Waals surface area (Å²) in [5.74, 6) is -0.958. The fourth-order valence-electron chi connectivity index (χ4n) is 1.92. The van der Waals surface area contributed by atoms with Gasteiger partial charge in [-0.15, -0.1) is 0 Å². The minimum absolute atomic E-state index is 0.371. The SMILES string of the molecule is CCCN(CC)c1ccc(CC(N)C(=O)O)cc1. The second kappa shape index (κ2) is 7.01. The Hall–Kier alpha value is -1.55. The third-order valence-electron chi connectivity index (χ3n) is 2.95. The average molecular weight is 250 g/mol. The van der Waals surface area contributed by atoms with E-state index >= 15 is 0 Å². The molecule has 0 aliphatic rings. The summed E-state index contributed by atoms with van der Waals surface area (Å²) >= 11 is 0. The largest absolute Gasteiger partial charge is 0.480 e. The zero-order chi connectivity index (χ0) is 13.5. The van der Waals surface area contributed by atoms with Crippen LogP contribution in [0, 0.1) is 0 Å². The van der Waals surface area contributed by atoms with Crippen LogP contribution in [0.1, 0.15) is 25.8 Å². The van der Waals surface area contributed by atoms with Gasteiger partial charge in [0.15, 0.2) is 0 Å². The maximum absolute atomic E-state index is 10.7. The van der Waals surface area contributed by atoms with Crippen molar-refractivity contribution in [1.82, 2.24) is 0 Å². The van der Waals surface area contributed by atoms with Crippen molar-refractivity contribution in [2.45, 2.75) is 32.7 Å². The van der Waals surface area contributed by atoms with E-state index in [9.17, 15) is 4.79 Å². The lowest BCUT2D eigenvalue weighted by molar-refractivity contribution is -0.138. The molecule has 3 N–H and O–H groups in total. The smallest absolute Gasteiger partial charge is 0.320 e. The van der Waals surface area contributed by atoms with E-state index in [2.05, 4.69) is 18.7 Å². The van der Waals surface area contributed by atoms with Gasteiger partial charge in [-0.25, -0.2) is 0 Å². The van der Waals surface area contributed by atoms with Gasteiger partial charge in [-0.1, -0.05) is 19.1 Å². The van der Waals surface area contributed by atoms with Gasteiger partial charge >= 0.3 is 5.97 Å². The minimum Gasteiger partial charge on any atom is -0.480 e. The Balaban J connectivity index is 2.70. The molecule has 0 spiro atoms. The molecule has 0 aliphatic heterocycles. The van der Waals surface area contributed by atoms with Crippen LogP contribution in [-0.4, -0.2) is 30.2 Å². The highest BCUT2D eigenvalue weighted by Crippen LogP contribution is 2.16. The van der Waals surface area contributed by atoms with Crippen molar-refractivity contribution in [2.24, 2.45) is 5.73 Å². The maximum atomic E-state index is 10.7. The van der Waals surface area contributed by atoms with Crippen LogP contribution in [-0.2, 0) is 11.2 Å². The van der Waals surface area contributed by atoms with Gasteiger partial charge in [0.05, 0.1) is 0 Å². The van der Waals surface area contributed by atoms with Gasteiger partial charge in [-0.05, 0) is 37.5 Å². The Labute approximate surface area is 108 Å². The predicted octanol–water partition coefficient (Wildman–Crippen LogP) is 1.88.